The predicted molar refractivity (Wildman–Crippen MR) is 273 cm³/mol. The molecular formula is C52H72N14O8. The first-order chi connectivity index (χ1) is 35.7. The van der Waals surface area contributed by atoms with Crippen LogP contribution >= 0.6 is 0 Å². The number of amides is 3. The average molecular weight is 1020 g/mol. The van der Waals surface area contributed by atoms with Gasteiger partial charge < -0.3 is 63.7 Å². The molecule has 2 aromatic heterocycles. The molecule has 4 atom stereocenters. The molecular weight excluding hydrogens is 949 g/mol. The maximum absolute atomic E-state index is 13.1. The number of hydrogen-bond acceptors (Lipinski definition) is 18. The quantitative estimate of drug-likeness (QED) is 0.251. The first-order valence-electron chi connectivity index (χ1n) is 26.0. The Morgan fingerprint density at radius 1 is 0.716 bits per heavy atom. The van der Waals surface area contributed by atoms with Crippen molar-refractivity contribution in [2.75, 3.05) is 103 Å². The van der Waals surface area contributed by atoms with Gasteiger partial charge in [0, 0.05) is 75.6 Å². The van der Waals surface area contributed by atoms with E-state index in [-0.39, 0.29) is 50.2 Å². The van der Waals surface area contributed by atoms with E-state index in [0.29, 0.717) is 90.1 Å². The number of fused-ring (bicyclic) bond motifs is 2. The van der Waals surface area contributed by atoms with Crippen molar-refractivity contribution in [2.24, 2.45) is 0 Å². The number of likely N-dealkylation sites (tertiary alicyclic amines) is 2. The first kappa shape index (κ1) is 53.5. The summed E-state index contributed by atoms with van der Waals surface area (Å²) in [6.45, 7) is 13.8. The number of hydrogen-bond donors (Lipinski definition) is 2. The van der Waals surface area contributed by atoms with Gasteiger partial charge in [0.05, 0.1) is 55.0 Å². The third-order valence-electron chi connectivity index (χ3n) is 14.6. The molecule has 3 amide bonds. The van der Waals surface area contributed by atoms with E-state index in [2.05, 4.69) is 56.1 Å². The zero-order valence-corrected chi connectivity index (χ0v) is 43.6. The van der Waals surface area contributed by atoms with Crippen molar-refractivity contribution in [3.8, 4) is 24.2 Å². The highest BCUT2D eigenvalue weighted by Gasteiger charge is 2.37. The van der Waals surface area contributed by atoms with Gasteiger partial charge in [-0.1, -0.05) is 30.3 Å². The number of rotatable bonds is 12. The zero-order valence-electron chi connectivity index (χ0n) is 43.6. The molecule has 4 fully saturated rings. The van der Waals surface area contributed by atoms with E-state index in [1.165, 1.54) is 11.3 Å². The van der Waals surface area contributed by atoms with Gasteiger partial charge in [-0.25, -0.2) is 14.4 Å². The molecule has 6 aliphatic heterocycles. The lowest BCUT2D eigenvalue weighted by molar-refractivity contribution is 0.0219. The number of nitrogens with one attached hydrogen (secondary N) is 1. The molecule has 398 valence electrons. The smallest absolute Gasteiger partial charge is 0.410 e. The Balaban J connectivity index is 0.000000211. The molecule has 6 aliphatic rings. The number of likely N-dealkylation sites (N-methyl/N-ethyl adjacent to an activating group) is 2. The van der Waals surface area contributed by atoms with Gasteiger partial charge in [-0.05, 0) is 98.6 Å². The molecule has 8 heterocycles. The van der Waals surface area contributed by atoms with Crippen LogP contribution in [0.4, 0.5) is 26.0 Å². The first-order valence-corrected chi connectivity index (χ1v) is 26.0. The molecule has 4 saturated heterocycles. The van der Waals surface area contributed by atoms with Crippen LogP contribution in [0.3, 0.4) is 0 Å². The van der Waals surface area contributed by atoms with E-state index in [9.17, 15) is 24.8 Å². The molecule has 2 N–H and O–H groups in total. The largest absolute Gasteiger partial charge is 0.465 e. The van der Waals surface area contributed by atoms with Crippen LogP contribution < -0.4 is 24.6 Å². The van der Waals surface area contributed by atoms with Crippen LogP contribution in [0, 0.1) is 22.7 Å². The molecule has 0 unspecified atom stereocenters. The van der Waals surface area contributed by atoms with Crippen molar-refractivity contribution in [3.63, 3.8) is 0 Å². The highest BCUT2D eigenvalue weighted by atomic mass is 16.6. The van der Waals surface area contributed by atoms with E-state index < -0.39 is 17.8 Å². The molecule has 0 saturated carbocycles. The highest BCUT2D eigenvalue weighted by molar-refractivity contribution is 5.70. The summed E-state index contributed by atoms with van der Waals surface area (Å²) in [5.74, 6) is 1.55. The number of carboxylic acid groups (broad SMARTS) is 1. The Bertz CT molecular complexity index is 2520. The van der Waals surface area contributed by atoms with E-state index in [1.54, 1.807) is 9.80 Å². The summed E-state index contributed by atoms with van der Waals surface area (Å²) in [4.78, 5) is 70.1. The van der Waals surface area contributed by atoms with Crippen LogP contribution in [0.1, 0.15) is 87.4 Å². The number of aromatic nitrogens is 4. The van der Waals surface area contributed by atoms with Gasteiger partial charge in [-0.15, -0.1) is 0 Å². The minimum Gasteiger partial charge on any atom is -0.465 e. The Hall–Kier alpha value is -6.75. The number of anilines is 2. The van der Waals surface area contributed by atoms with Crippen molar-refractivity contribution in [1.82, 2.24) is 49.8 Å². The third-order valence-corrected chi connectivity index (χ3v) is 14.6. The molecule has 74 heavy (non-hydrogen) atoms. The van der Waals surface area contributed by atoms with Crippen LogP contribution in [0.25, 0.3) is 0 Å². The molecule has 22 nitrogen and oxygen atoms in total. The number of nitrogens with zero attached hydrogens (tertiary/aromatic N) is 13. The number of carbonyl (C=O) groups excluding carboxylic acids is 2. The topological polar surface area (TPSA) is 242 Å². The van der Waals surface area contributed by atoms with Gasteiger partial charge in [0.25, 0.3) is 0 Å². The predicted octanol–water partition coefficient (Wildman–Crippen LogP) is 4.66. The molecule has 0 aliphatic carbocycles. The number of carbonyl (C=O) groups is 3. The standard InChI is InChI=1S/C32H43N7O5.C20H29N7O3/c1-32(2,3)44-30(40)38-16-13-26-27(20-38)34-29(42-22-25-11-8-15-36(25)4)35-28(26)37-17-18-39(24(19-37)12-14-33)31(41)43-21-23-9-6-5-7-10-23;1-25-8-2-3-15(25)13-30-19-23-17-11-22-7-5-16(17)18(24-19)26-9-10-27(20(28)29)14(12-26)4-6-21/h5-7,9-10,24-25H,8,11-13,15-22H2,1-4H3;14-15,22H,2-5,7-13H2,1H3,(H,28,29)/t24-,25-;14-,15-/m00/s1. The van der Waals surface area contributed by atoms with Crippen molar-refractivity contribution in [1.29, 1.82) is 10.5 Å². The molecule has 0 radical (unpaired) electrons. The lowest BCUT2D eigenvalue weighted by Gasteiger charge is -2.41. The number of piperazine rings is 2. The molecule has 0 spiro atoms. The Labute approximate surface area is 434 Å². The summed E-state index contributed by atoms with van der Waals surface area (Å²) in [7, 11) is 4.21. The van der Waals surface area contributed by atoms with Gasteiger partial charge >= 0.3 is 30.3 Å². The van der Waals surface area contributed by atoms with Crippen LogP contribution in [0.5, 0.6) is 12.0 Å². The lowest BCUT2D eigenvalue weighted by Crippen LogP contribution is -2.56. The Kier molecular flexibility index (Phi) is 17.7. The van der Waals surface area contributed by atoms with Crippen LogP contribution in [0.2, 0.25) is 0 Å². The second kappa shape index (κ2) is 24.5. The summed E-state index contributed by atoms with van der Waals surface area (Å²) in [5, 5.41) is 31.6. The Morgan fingerprint density at radius 2 is 1.28 bits per heavy atom. The van der Waals surface area contributed by atoms with Crippen molar-refractivity contribution >= 4 is 29.9 Å². The number of benzene rings is 1. The van der Waals surface area contributed by atoms with E-state index in [0.717, 1.165) is 85.0 Å². The summed E-state index contributed by atoms with van der Waals surface area (Å²) in [6, 6.07) is 14.5. The third kappa shape index (κ3) is 13.5. The maximum atomic E-state index is 13.1. The van der Waals surface area contributed by atoms with Gasteiger partial charge in [0.2, 0.25) is 0 Å². The minimum absolute atomic E-state index is 0.161. The van der Waals surface area contributed by atoms with Crippen molar-refractivity contribution in [3.05, 3.63) is 58.4 Å². The van der Waals surface area contributed by atoms with Gasteiger partial charge in [0.15, 0.2) is 0 Å². The number of ether oxygens (including phenoxy) is 4. The molecule has 22 heteroatoms. The summed E-state index contributed by atoms with van der Waals surface area (Å²) >= 11 is 0. The number of nitriles is 2. The van der Waals surface area contributed by atoms with Crippen LogP contribution in [-0.2, 0) is 42.0 Å². The van der Waals surface area contributed by atoms with Crippen LogP contribution in [-0.4, -0.2) is 190 Å². The maximum Gasteiger partial charge on any atom is 0.410 e. The fraction of sp³-hybridized carbons (Fsp3) is 0.635. The fourth-order valence-corrected chi connectivity index (χ4v) is 10.5. The fourth-order valence-electron chi connectivity index (χ4n) is 10.5. The average Bonchev–Trinajstić information content (AvgIpc) is 4.01. The van der Waals surface area contributed by atoms with Crippen molar-refractivity contribution < 1.29 is 38.4 Å². The van der Waals surface area contributed by atoms with Gasteiger partial charge in [-0.3, -0.25) is 0 Å². The summed E-state index contributed by atoms with van der Waals surface area (Å²) in [5.41, 5.74) is 4.01. The van der Waals surface area contributed by atoms with E-state index >= 15 is 0 Å². The molecule has 9 rings (SSSR count). The normalized spacial score (nSPS) is 22.1. The van der Waals surface area contributed by atoms with Crippen molar-refractivity contribution in [2.45, 2.75) is 122 Å². The van der Waals surface area contributed by atoms with Gasteiger partial charge in [-0.2, -0.15) is 30.5 Å². The zero-order chi connectivity index (χ0) is 52.4. The van der Waals surface area contributed by atoms with Gasteiger partial charge in [0.1, 0.15) is 37.1 Å². The van der Waals surface area contributed by atoms with Crippen LogP contribution in [0.15, 0.2) is 30.3 Å². The highest BCUT2D eigenvalue weighted by Crippen LogP contribution is 2.33. The Morgan fingerprint density at radius 3 is 1.84 bits per heavy atom. The van der Waals surface area contributed by atoms with E-state index in [4.69, 9.17) is 39.2 Å². The lowest BCUT2D eigenvalue weighted by atomic mass is 10.0. The second-order valence-corrected chi connectivity index (χ2v) is 20.9. The summed E-state index contributed by atoms with van der Waals surface area (Å²) < 4.78 is 23.4. The minimum atomic E-state index is -0.978. The second-order valence-electron chi connectivity index (χ2n) is 20.9. The summed E-state index contributed by atoms with van der Waals surface area (Å²) in [6.07, 6.45) is 4.38. The molecule has 3 aromatic rings. The SMILES string of the molecule is CN1CCC[C@H]1COc1nc2c(c(N3CCN(C(=O)O)[C@@H](CC#N)C3)n1)CCNC2.CN1CCC[C@H]1COc1nc2c(c(N3CCN(C(=O)OCc4ccccc4)[C@@H](CC#N)C3)n1)CCN(C(=O)OC(C)(C)C)C2. The van der Waals surface area contributed by atoms with E-state index in [1.807, 2.05) is 51.1 Å². The monoisotopic (exact) mass is 1020 g/mol. The molecule has 1 aromatic carbocycles. The molecule has 0 bridgehead atoms.